The van der Waals surface area contributed by atoms with E-state index in [1.807, 2.05) is 0 Å². The summed E-state index contributed by atoms with van der Waals surface area (Å²) in [5.41, 5.74) is 0.554. The van der Waals surface area contributed by atoms with Crippen LogP contribution in [0.15, 0.2) is 59.5 Å². The first-order valence-corrected chi connectivity index (χ1v) is 9.14. The molecule has 0 radical (unpaired) electrons. The van der Waals surface area contributed by atoms with E-state index in [1.54, 1.807) is 48.5 Å². The molecule has 0 saturated heterocycles. The van der Waals surface area contributed by atoms with Gasteiger partial charge in [-0.15, -0.1) is 0 Å². The minimum atomic E-state index is -3.84. The molecule has 0 aliphatic rings. The third-order valence-corrected chi connectivity index (χ3v) is 5.03. The van der Waals surface area contributed by atoms with Crippen molar-refractivity contribution in [2.45, 2.75) is 17.4 Å². The summed E-state index contributed by atoms with van der Waals surface area (Å²) in [5.74, 6) is -0.683. The first-order chi connectivity index (χ1) is 11.9. The quantitative estimate of drug-likeness (QED) is 0.747. The fraction of sp³-hybridized carbons (Fsp3) is 0.176. The first kappa shape index (κ1) is 18.9. The topological polar surface area (TPSA) is 96.3 Å². The fourth-order valence-corrected chi connectivity index (χ4v) is 3.49. The Bertz CT molecular complexity index is 862. The average molecular weight is 379 g/mol. The van der Waals surface area contributed by atoms with Crippen LogP contribution in [0.4, 0.5) is 0 Å². The van der Waals surface area contributed by atoms with Gasteiger partial charge < -0.3 is 4.74 Å². The van der Waals surface area contributed by atoms with Gasteiger partial charge in [-0.2, -0.15) is 5.26 Å². The molecule has 2 rings (SSSR count). The van der Waals surface area contributed by atoms with Crippen molar-refractivity contribution in [1.29, 1.82) is 5.26 Å². The standard InChI is InChI=1S/C17H15ClN2O4S/c18-14-8-6-13(7-9-14)16(12-17(21)24-11-10-19)20-25(22,23)15-4-2-1-3-5-15/h1-9,16,20H,11-12H2/t16-/m1/s1. The van der Waals surface area contributed by atoms with Crippen molar-refractivity contribution in [1.82, 2.24) is 4.72 Å². The monoisotopic (exact) mass is 378 g/mol. The van der Waals surface area contributed by atoms with Gasteiger partial charge in [0, 0.05) is 5.02 Å². The predicted octanol–water partition coefficient (Wildman–Crippen LogP) is 2.82. The number of hydrogen-bond donors (Lipinski definition) is 1. The number of esters is 1. The number of rotatable bonds is 7. The number of carbonyl (C=O) groups excluding carboxylic acids is 1. The number of halogens is 1. The van der Waals surface area contributed by atoms with Crippen molar-refractivity contribution < 1.29 is 17.9 Å². The summed E-state index contributed by atoms with van der Waals surface area (Å²) < 4.78 is 32.3. The fourth-order valence-electron chi connectivity index (χ4n) is 2.12. The van der Waals surface area contributed by atoms with Crippen molar-refractivity contribution in [2.75, 3.05) is 6.61 Å². The predicted molar refractivity (Wildman–Crippen MR) is 92.1 cm³/mol. The maximum Gasteiger partial charge on any atom is 0.308 e. The van der Waals surface area contributed by atoms with Crippen molar-refractivity contribution in [3.8, 4) is 6.07 Å². The summed E-state index contributed by atoms with van der Waals surface area (Å²) in [4.78, 5) is 11.9. The molecule has 0 aliphatic carbocycles. The second-order valence-corrected chi connectivity index (χ2v) is 7.21. The number of nitriles is 1. The zero-order valence-corrected chi connectivity index (χ0v) is 14.6. The third kappa shape index (κ3) is 5.57. The lowest BCUT2D eigenvalue weighted by Crippen LogP contribution is -2.30. The highest BCUT2D eigenvalue weighted by molar-refractivity contribution is 7.89. The SMILES string of the molecule is N#CCOC(=O)C[C@@H](NS(=O)(=O)c1ccccc1)c1ccc(Cl)cc1. The van der Waals surface area contributed by atoms with Crippen LogP contribution >= 0.6 is 11.6 Å². The maximum atomic E-state index is 12.5. The van der Waals surface area contributed by atoms with Crippen LogP contribution in [0.5, 0.6) is 0 Å². The molecule has 6 nitrogen and oxygen atoms in total. The molecule has 0 spiro atoms. The van der Waals surface area contributed by atoms with Gasteiger partial charge in [0.2, 0.25) is 10.0 Å². The smallest absolute Gasteiger partial charge is 0.308 e. The summed E-state index contributed by atoms with van der Waals surface area (Å²) in [6.07, 6.45) is -0.255. The second kappa shape index (κ2) is 8.62. The van der Waals surface area contributed by atoms with Crippen LogP contribution in [0.2, 0.25) is 5.02 Å². The molecule has 0 unspecified atom stereocenters. The molecule has 0 amide bonds. The Balaban J connectivity index is 2.26. The molecule has 2 aromatic rings. The van der Waals surface area contributed by atoms with E-state index in [4.69, 9.17) is 21.6 Å². The van der Waals surface area contributed by atoms with Crippen molar-refractivity contribution in [3.63, 3.8) is 0 Å². The molecule has 0 saturated carbocycles. The molecule has 2 aromatic carbocycles. The lowest BCUT2D eigenvalue weighted by molar-refractivity contribution is -0.142. The minimum Gasteiger partial charge on any atom is -0.450 e. The molecule has 0 aromatic heterocycles. The van der Waals surface area contributed by atoms with E-state index in [9.17, 15) is 13.2 Å². The van der Waals surface area contributed by atoms with Crippen LogP contribution < -0.4 is 4.72 Å². The third-order valence-electron chi connectivity index (χ3n) is 3.29. The molecular formula is C17H15ClN2O4S. The van der Waals surface area contributed by atoms with E-state index in [0.29, 0.717) is 10.6 Å². The highest BCUT2D eigenvalue weighted by Gasteiger charge is 2.24. The van der Waals surface area contributed by atoms with E-state index in [-0.39, 0.29) is 11.3 Å². The number of nitrogens with zero attached hydrogens (tertiary/aromatic N) is 1. The summed E-state index contributed by atoms with van der Waals surface area (Å²) in [6.45, 7) is -0.391. The highest BCUT2D eigenvalue weighted by Crippen LogP contribution is 2.22. The number of sulfonamides is 1. The van der Waals surface area contributed by atoms with Gasteiger partial charge in [-0.3, -0.25) is 4.79 Å². The van der Waals surface area contributed by atoms with E-state index >= 15 is 0 Å². The van der Waals surface area contributed by atoms with Gasteiger partial charge in [0.25, 0.3) is 0 Å². The summed E-state index contributed by atoms with van der Waals surface area (Å²) >= 11 is 5.85. The Labute approximate surface area is 151 Å². The molecule has 8 heteroatoms. The lowest BCUT2D eigenvalue weighted by atomic mass is 10.1. The van der Waals surface area contributed by atoms with Crippen LogP contribution in [-0.2, 0) is 19.6 Å². The van der Waals surface area contributed by atoms with Gasteiger partial charge in [-0.05, 0) is 29.8 Å². The number of hydrogen-bond acceptors (Lipinski definition) is 5. The van der Waals surface area contributed by atoms with E-state index in [1.165, 1.54) is 12.1 Å². The Morgan fingerprint density at radius 1 is 1.16 bits per heavy atom. The van der Waals surface area contributed by atoms with Gasteiger partial charge in [-0.1, -0.05) is 41.9 Å². The Morgan fingerprint density at radius 2 is 1.80 bits per heavy atom. The lowest BCUT2D eigenvalue weighted by Gasteiger charge is -2.18. The molecule has 1 atom stereocenters. The van der Waals surface area contributed by atoms with E-state index in [0.717, 1.165) is 0 Å². The molecule has 25 heavy (non-hydrogen) atoms. The number of carbonyl (C=O) groups is 1. The Morgan fingerprint density at radius 3 is 2.40 bits per heavy atom. The van der Waals surface area contributed by atoms with Gasteiger partial charge in [-0.25, -0.2) is 13.1 Å². The molecule has 0 fully saturated rings. The molecule has 0 bridgehead atoms. The highest BCUT2D eigenvalue weighted by atomic mass is 35.5. The molecular weight excluding hydrogens is 364 g/mol. The normalized spacial score (nSPS) is 12.2. The maximum absolute atomic E-state index is 12.5. The number of ether oxygens (including phenoxy) is 1. The summed E-state index contributed by atoms with van der Waals surface area (Å²) in [6, 6.07) is 15.1. The summed E-state index contributed by atoms with van der Waals surface area (Å²) in [7, 11) is -3.84. The first-order valence-electron chi connectivity index (χ1n) is 7.28. The zero-order chi connectivity index (χ0) is 18.3. The van der Waals surface area contributed by atoms with Crippen LogP contribution in [0.1, 0.15) is 18.0 Å². The molecule has 130 valence electrons. The largest absolute Gasteiger partial charge is 0.450 e. The van der Waals surface area contributed by atoms with Gasteiger partial charge in [0.1, 0.15) is 6.07 Å². The van der Waals surface area contributed by atoms with Crippen molar-refractivity contribution in [2.24, 2.45) is 0 Å². The van der Waals surface area contributed by atoms with Crippen LogP contribution in [0.3, 0.4) is 0 Å². The Kier molecular flexibility index (Phi) is 6.53. The summed E-state index contributed by atoms with van der Waals surface area (Å²) in [5, 5.41) is 8.97. The van der Waals surface area contributed by atoms with Gasteiger partial charge >= 0.3 is 5.97 Å². The molecule has 1 N–H and O–H groups in total. The molecule has 0 heterocycles. The Hall–Kier alpha value is -2.40. The van der Waals surface area contributed by atoms with E-state index < -0.39 is 28.6 Å². The van der Waals surface area contributed by atoms with E-state index in [2.05, 4.69) is 4.72 Å². The van der Waals surface area contributed by atoms with Crippen LogP contribution in [0.25, 0.3) is 0 Å². The average Bonchev–Trinajstić information content (AvgIpc) is 2.60. The number of nitrogens with one attached hydrogen (secondary N) is 1. The number of benzene rings is 2. The molecule has 0 aliphatic heterocycles. The second-order valence-electron chi connectivity index (χ2n) is 5.06. The van der Waals surface area contributed by atoms with Gasteiger partial charge in [0.05, 0.1) is 17.4 Å². The van der Waals surface area contributed by atoms with Crippen LogP contribution in [-0.4, -0.2) is 21.0 Å². The van der Waals surface area contributed by atoms with Crippen LogP contribution in [0, 0.1) is 11.3 Å². The van der Waals surface area contributed by atoms with Gasteiger partial charge in [0.15, 0.2) is 6.61 Å². The zero-order valence-electron chi connectivity index (χ0n) is 13.1. The van der Waals surface area contributed by atoms with Crippen molar-refractivity contribution >= 4 is 27.6 Å². The van der Waals surface area contributed by atoms with Crippen molar-refractivity contribution in [3.05, 3.63) is 65.2 Å². The minimum absolute atomic E-state index is 0.0827.